The molecule has 0 saturated carbocycles. The van der Waals surface area contributed by atoms with Crippen LogP contribution in [0.1, 0.15) is 0 Å². The van der Waals surface area contributed by atoms with Crippen molar-refractivity contribution in [2.24, 2.45) is 0 Å². The molecule has 0 aliphatic carbocycles. The van der Waals surface area contributed by atoms with Gasteiger partial charge in [-0.15, -0.1) is 0 Å². The molecule has 0 heterocycles. The first-order chi connectivity index (χ1) is 3.12. The molecular weight excluding hydrogens is 169 g/mol. The van der Waals surface area contributed by atoms with E-state index in [0.29, 0.717) is 0 Å². The summed E-state index contributed by atoms with van der Waals surface area (Å²) in [6.07, 6.45) is 0. The smallest absolute Gasteiger partial charge is 0.249 e. The minimum Gasteiger partial charge on any atom is -0.757 e. The Balaban J connectivity index is -0.0000000600. The van der Waals surface area contributed by atoms with Crippen LogP contribution in [-0.4, -0.2) is 0 Å². The zero-order valence-electron chi connectivity index (χ0n) is 5.90. The Morgan fingerprint density at radius 3 is 1.20 bits per heavy atom. The van der Waals surface area contributed by atoms with Crippen molar-refractivity contribution in [1.82, 2.24) is 18.5 Å². The summed E-state index contributed by atoms with van der Waals surface area (Å²) < 4.78 is 13.9. The van der Waals surface area contributed by atoms with Gasteiger partial charge in [-0.05, 0) is 0 Å². The van der Waals surface area contributed by atoms with Crippen molar-refractivity contribution in [3.05, 3.63) is 0 Å². The molecule has 0 aromatic carbocycles. The molecule has 0 rings (SSSR count). The molecule has 0 aliphatic heterocycles. The third-order valence-corrected chi connectivity index (χ3v) is 0.548. The van der Waals surface area contributed by atoms with E-state index in [4.69, 9.17) is 10.5 Å². The lowest BCUT2D eigenvalue weighted by atomic mass is 14.0. The molecule has 0 saturated heterocycles. The van der Waals surface area contributed by atoms with Gasteiger partial charge in [-0.3, -0.25) is 4.57 Å². The average molecular weight is 181 g/mol. The van der Waals surface area contributed by atoms with Crippen LogP contribution in [-0.2, 0) is 13.9 Å². The van der Waals surface area contributed by atoms with Gasteiger partial charge >= 0.3 is 0 Å². The van der Waals surface area contributed by atoms with Crippen LogP contribution in [0.15, 0.2) is 0 Å². The van der Waals surface area contributed by atoms with Crippen molar-refractivity contribution in [3.8, 4) is 0 Å². The highest BCUT2D eigenvalue weighted by atomic mass is 31.2. The normalized spacial score (nSPS) is 8.30. The van der Waals surface area contributed by atoms with E-state index in [1.165, 1.54) is 0 Å². The Labute approximate surface area is 56.8 Å². The van der Waals surface area contributed by atoms with Gasteiger partial charge in [0, 0.05) is 0 Å². The third kappa shape index (κ3) is 10.8. The summed E-state index contributed by atoms with van der Waals surface area (Å²) in [6.45, 7) is 0. The van der Waals surface area contributed by atoms with Crippen LogP contribution < -0.4 is 33.9 Å². The molecule has 10 heavy (non-hydrogen) atoms. The van der Waals surface area contributed by atoms with Gasteiger partial charge in [0.2, 0.25) is 7.82 Å². The number of phosphoric acid groups is 1. The predicted molar refractivity (Wildman–Crippen MR) is 27.7 cm³/mol. The molecule has 0 aromatic heterocycles. The number of hydrogen-bond donors (Lipinski definition) is 3. The highest BCUT2D eigenvalue weighted by Crippen LogP contribution is 2.31. The van der Waals surface area contributed by atoms with Crippen molar-refractivity contribution in [1.29, 1.82) is 0 Å². The second-order valence-corrected chi connectivity index (χ2v) is 1.79. The van der Waals surface area contributed by atoms with Crippen molar-refractivity contribution in [3.63, 3.8) is 0 Å². The third-order valence-electron chi connectivity index (χ3n) is 0.183. The molecule has 9 nitrogen and oxygen atoms in total. The van der Waals surface area contributed by atoms with Crippen molar-refractivity contribution < 1.29 is 29.3 Å². The second kappa shape index (κ2) is 8.91. The number of quaternary nitrogens is 3. The second-order valence-electron chi connectivity index (χ2n) is 0.596. The first kappa shape index (κ1) is 22.5. The van der Waals surface area contributed by atoms with Gasteiger partial charge in [-0.25, -0.2) is 0 Å². The summed E-state index contributed by atoms with van der Waals surface area (Å²) in [5, 5.41) is 17.6. The van der Waals surface area contributed by atoms with Crippen molar-refractivity contribution in [2.45, 2.75) is 0 Å². The summed E-state index contributed by atoms with van der Waals surface area (Å²) in [5.41, 5.74) is 0. The minimum atomic E-state index is -5.02. The van der Waals surface area contributed by atoms with Gasteiger partial charge in [0.25, 0.3) is 0 Å². The largest absolute Gasteiger partial charge is 0.757 e. The molecule has 10 heteroatoms. The molecular formula is H12N3O6P. The Morgan fingerprint density at radius 1 is 1.00 bits per heavy atom. The highest BCUT2D eigenvalue weighted by molar-refractivity contribution is 7.45. The summed E-state index contributed by atoms with van der Waals surface area (Å²) in [6, 6.07) is 0. The van der Waals surface area contributed by atoms with E-state index in [9.17, 15) is 9.46 Å². The molecule has 0 aromatic rings. The van der Waals surface area contributed by atoms with Gasteiger partial charge in [0.1, 0.15) is 0 Å². The first-order valence-corrected chi connectivity index (χ1v) is 2.52. The molecule has 0 unspecified atom stereocenters. The Hall–Kier alpha value is -0.0900. The van der Waals surface area contributed by atoms with Crippen LogP contribution in [0.3, 0.4) is 0 Å². The van der Waals surface area contributed by atoms with E-state index >= 15 is 0 Å². The lowest BCUT2D eigenvalue weighted by Crippen LogP contribution is -2.18. The van der Waals surface area contributed by atoms with Crippen LogP contribution >= 0.6 is 7.82 Å². The van der Waals surface area contributed by atoms with Crippen LogP contribution in [0.2, 0.25) is 0 Å². The minimum absolute atomic E-state index is 0. The molecule has 68 valence electrons. The van der Waals surface area contributed by atoms with E-state index in [2.05, 4.69) is 9.35 Å². The molecule has 0 spiro atoms. The lowest BCUT2D eigenvalue weighted by Gasteiger charge is -2.27. The van der Waals surface area contributed by atoms with E-state index < -0.39 is 7.82 Å². The highest BCUT2D eigenvalue weighted by Gasteiger charge is 1.90. The van der Waals surface area contributed by atoms with Gasteiger partial charge < -0.3 is 43.2 Å². The van der Waals surface area contributed by atoms with Crippen LogP contribution in [0.5, 0.6) is 0 Å². The monoisotopic (exact) mass is 181 g/mol. The maximum Gasteiger partial charge on any atom is 0.249 e. The fraction of sp³-hybridized carbons (Fsp3) is 0. The number of rotatable bonds is 2. The Bertz CT molecular complexity index is 85.0. The zero-order valence-corrected chi connectivity index (χ0v) is 6.79. The molecule has 0 atom stereocenters. The van der Waals surface area contributed by atoms with Crippen molar-refractivity contribution in [2.75, 3.05) is 0 Å². The summed E-state index contributed by atoms with van der Waals surface area (Å²) >= 11 is 0. The Morgan fingerprint density at radius 2 is 1.20 bits per heavy atom. The van der Waals surface area contributed by atoms with Gasteiger partial charge in [0.15, 0.2) is 0 Å². The topological polar surface area (TPSA) is 214 Å². The van der Waals surface area contributed by atoms with Crippen LogP contribution in [0.25, 0.3) is 0 Å². The van der Waals surface area contributed by atoms with Crippen LogP contribution in [0, 0.1) is 0 Å². The molecule has 0 amide bonds. The van der Waals surface area contributed by atoms with E-state index in [1.54, 1.807) is 0 Å². The average Bonchev–Trinajstić information content (AvgIpc) is 1.68. The molecule has 0 fully saturated rings. The van der Waals surface area contributed by atoms with Gasteiger partial charge in [-0.1, -0.05) is 0 Å². The summed E-state index contributed by atoms with van der Waals surface area (Å²) in [5.74, 6) is 0. The summed E-state index contributed by atoms with van der Waals surface area (Å²) in [4.78, 5) is 9.33. The van der Waals surface area contributed by atoms with Crippen molar-refractivity contribution >= 4 is 7.82 Å². The van der Waals surface area contributed by atoms with E-state index in [-0.39, 0.29) is 18.5 Å². The molecule has 0 radical (unpaired) electrons. The first-order valence-electron chi connectivity index (χ1n) is 1.06. The molecule has 12 N–H and O–H groups in total. The predicted octanol–water partition coefficient (Wildman–Crippen LogP) is -1.83. The quantitative estimate of drug-likeness (QED) is 0.252. The fourth-order valence-corrected chi connectivity index (χ4v) is 0.0373. The molecule has 0 bridgehead atoms. The maximum absolute atomic E-state index is 9.33. The van der Waals surface area contributed by atoms with Crippen LogP contribution in [0.4, 0.5) is 0 Å². The Kier molecular flexibility index (Phi) is 20.1. The van der Waals surface area contributed by atoms with E-state index in [0.717, 1.165) is 0 Å². The van der Waals surface area contributed by atoms with Gasteiger partial charge in [-0.2, -0.15) is 0 Å². The standard InChI is InChI=1S/3H3N.H3O6P/c;;;1-5-7(3,4)6-2/h3*1H3;1-2H,(H,3,4). The van der Waals surface area contributed by atoms with Gasteiger partial charge in [0.05, 0.1) is 0 Å². The summed E-state index contributed by atoms with van der Waals surface area (Å²) in [7, 11) is -5.02. The fourth-order valence-electron chi connectivity index (χ4n) is 0.0124. The lowest BCUT2D eigenvalue weighted by molar-refractivity contribution is -0.696. The number of hydrogen-bond acceptors (Lipinski definition) is 6. The zero-order chi connectivity index (χ0) is 5.91. The molecule has 0 aliphatic rings. The maximum atomic E-state index is 9.33. The van der Waals surface area contributed by atoms with E-state index in [1.807, 2.05) is 0 Å². The SMILES string of the molecule is O=P([O-])(O[O-])O[O-].[NH4+].[NH4+].[NH4+].